The van der Waals surface area contributed by atoms with Crippen molar-refractivity contribution in [1.29, 1.82) is 0 Å². The summed E-state index contributed by atoms with van der Waals surface area (Å²) in [5, 5.41) is 2.98. The average molecular weight is 454 g/mol. The van der Waals surface area contributed by atoms with Crippen molar-refractivity contribution in [2.45, 2.75) is 25.9 Å². The van der Waals surface area contributed by atoms with Crippen LogP contribution >= 0.6 is 0 Å². The number of hydrogen-bond donors (Lipinski definition) is 1. The molecule has 2 aromatic heterocycles. The van der Waals surface area contributed by atoms with E-state index in [-0.39, 0.29) is 23.6 Å². The lowest BCUT2D eigenvalue weighted by atomic mass is 9.93. The van der Waals surface area contributed by atoms with Crippen molar-refractivity contribution in [3.63, 3.8) is 0 Å². The molecule has 1 N–H and O–H groups in total. The standard InChI is InChI=1S/C26H22N4O4/c1-17-14-20(34-26-27-11-5-12-28-26)9-10-21(17)29-24(31)22-15-18-6-2-3-7-19(18)16-30(22)25(32)23-8-4-13-33-23/h2-14,22H,15-16H2,1H3,(H,29,31). The number of aromatic nitrogens is 2. The first-order valence-corrected chi connectivity index (χ1v) is 10.9. The van der Waals surface area contributed by atoms with Crippen molar-refractivity contribution < 1.29 is 18.7 Å². The predicted molar refractivity (Wildman–Crippen MR) is 124 cm³/mol. The number of rotatable bonds is 5. The van der Waals surface area contributed by atoms with Gasteiger partial charge in [0.15, 0.2) is 5.76 Å². The highest BCUT2D eigenvalue weighted by Gasteiger charge is 2.36. The number of aryl methyl sites for hydroxylation is 1. The van der Waals surface area contributed by atoms with Crippen molar-refractivity contribution in [2.24, 2.45) is 0 Å². The lowest BCUT2D eigenvalue weighted by Crippen LogP contribution is -2.50. The van der Waals surface area contributed by atoms with Crippen LogP contribution in [-0.2, 0) is 17.8 Å². The fourth-order valence-corrected chi connectivity index (χ4v) is 4.01. The van der Waals surface area contributed by atoms with Crippen LogP contribution in [0, 0.1) is 6.92 Å². The second-order valence-electron chi connectivity index (χ2n) is 8.00. The van der Waals surface area contributed by atoms with Crippen molar-refractivity contribution >= 4 is 17.5 Å². The smallest absolute Gasteiger partial charge is 0.321 e. The molecule has 2 aromatic carbocycles. The summed E-state index contributed by atoms with van der Waals surface area (Å²) < 4.78 is 11.0. The summed E-state index contributed by atoms with van der Waals surface area (Å²) in [5.74, 6) is 0.182. The molecule has 5 rings (SSSR count). The van der Waals surface area contributed by atoms with E-state index in [1.165, 1.54) is 6.26 Å². The van der Waals surface area contributed by atoms with Crippen LogP contribution in [0.25, 0.3) is 0 Å². The van der Waals surface area contributed by atoms with Gasteiger partial charge in [-0.25, -0.2) is 9.97 Å². The monoisotopic (exact) mass is 454 g/mol. The maximum Gasteiger partial charge on any atom is 0.321 e. The van der Waals surface area contributed by atoms with Crippen LogP contribution in [-0.4, -0.2) is 32.7 Å². The summed E-state index contributed by atoms with van der Waals surface area (Å²) in [4.78, 5) is 36.2. The number of furan rings is 1. The molecule has 0 saturated carbocycles. The SMILES string of the molecule is Cc1cc(Oc2ncccn2)ccc1NC(=O)C1Cc2ccccc2CN1C(=O)c1ccco1. The molecule has 3 heterocycles. The van der Waals surface area contributed by atoms with E-state index in [1.54, 1.807) is 53.7 Å². The Morgan fingerprint density at radius 1 is 1.03 bits per heavy atom. The zero-order valence-electron chi connectivity index (χ0n) is 18.5. The molecule has 4 aromatic rings. The number of amides is 2. The van der Waals surface area contributed by atoms with E-state index in [0.717, 1.165) is 16.7 Å². The fourth-order valence-electron chi connectivity index (χ4n) is 4.01. The minimum absolute atomic E-state index is 0.206. The quantitative estimate of drug-likeness (QED) is 0.481. The minimum Gasteiger partial charge on any atom is -0.459 e. The highest BCUT2D eigenvalue weighted by atomic mass is 16.5. The van der Waals surface area contributed by atoms with Gasteiger partial charge in [0.05, 0.1) is 6.26 Å². The van der Waals surface area contributed by atoms with Crippen LogP contribution < -0.4 is 10.1 Å². The van der Waals surface area contributed by atoms with Gasteiger partial charge in [-0.1, -0.05) is 24.3 Å². The van der Waals surface area contributed by atoms with Crippen LogP contribution in [0.15, 0.2) is 83.7 Å². The Balaban J connectivity index is 1.37. The zero-order chi connectivity index (χ0) is 23.5. The van der Waals surface area contributed by atoms with Crippen LogP contribution in [0.4, 0.5) is 5.69 Å². The number of ether oxygens (including phenoxy) is 1. The normalized spacial score (nSPS) is 14.9. The number of carbonyl (C=O) groups is 2. The summed E-state index contributed by atoms with van der Waals surface area (Å²) in [6.07, 6.45) is 5.07. The van der Waals surface area contributed by atoms with Gasteiger partial charge in [-0.3, -0.25) is 9.59 Å². The Labute approximate surface area is 196 Å². The van der Waals surface area contributed by atoms with Crippen molar-refractivity contribution in [3.05, 3.63) is 102 Å². The van der Waals surface area contributed by atoms with E-state index < -0.39 is 6.04 Å². The molecule has 8 nitrogen and oxygen atoms in total. The average Bonchev–Trinajstić information content (AvgIpc) is 3.40. The number of anilines is 1. The van der Waals surface area contributed by atoms with E-state index in [9.17, 15) is 9.59 Å². The first-order valence-electron chi connectivity index (χ1n) is 10.9. The van der Waals surface area contributed by atoms with Crippen molar-refractivity contribution in [2.75, 3.05) is 5.32 Å². The number of benzene rings is 2. The molecule has 0 spiro atoms. The third-order valence-electron chi connectivity index (χ3n) is 5.75. The zero-order valence-corrected chi connectivity index (χ0v) is 18.5. The van der Waals surface area contributed by atoms with E-state index in [1.807, 2.05) is 31.2 Å². The molecule has 0 aliphatic carbocycles. The Morgan fingerprint density at radius 3 is 2.56 bits per heavy atom. The number of hydrogen-bond acceptors (Lipinski definition) is 6. The summed E-state index contributed by atoms with van der Waals surface area (Å²) in [6.45, 7) is 2.20. The molecule has 34 heavy (non-hydrogen) atoms. The third kappa shape index (κ3) is 4.38. The van der Waals surface area contributed by atoms with Gasteiger partial charge in [0.25, 0.3) is 5.91 Å². The van der Waals surface area contributed by atoms with Crippen LogP contribution in [0.2, 0.25) is 0 Å². The summed E-state index contributed by atoms with van der Waals surface area (Å²) in [5.41, 5.74) is 3.51. The van der Waals surface area contributed by atoms with Crippen molar-refractivity contribution in [3.8, 4) is 11.8 Å². The number of nitrogens with zero attached hydrogens (tertiary/aromatic N) is 3. The van der Waals surface area contributed by atoms with Crippen LogP contribution in [0.5, 0.6) is 11.8 Å². The molecule has 1 aliphatic rings. The number of fused-ring (bicyclic) bond motifs is 1. The fraction of sp³-hybridized carbons (Fsp3) is 0.154. The van der Waals surface area contributed by atoms with Crippen LogP contribution in [0.3, 0.4) is 0 Å². The first-order chi connectivity index (χ1) is 16.6. The highest BCUT2D eigenvalue weighted by molar-refractivity contribution is 6.01. The Kier molecular flexibility index (Phi) is 5.78. The minimum atomic E-state index is -0.680. The van der Waals surface area contributed by atoms with Gasteiger partial charge in [-0.05, 0) is 60.0 Å². The third-order valence-corrected chi connectivity index (χ3v) is 5.75. The first kappa shape index (κ1) is 21.4. The molecule has 0 saturated heterocycles. The maximum atomic E-state index is 13.4. The number of carbonyl (C=O) groups excluding carboxylic acids is 2. The summed E-state index contributed by atoms with van der Waals surface area (Å²) in [6, 6.07) is 17.7. The summed E-state index contributed by atoms with van der Waals surface area (Å²) in [7, 11) is 0. The van der Waals surface area contributed by atoms with Crippen molar-refractivity contribution in [1.82, 2.24) is 14.9 Å². The lowest BCUT2D eigenvalue weighted by Gasteiger charge is -2.35. The van der Waals surface area contributed by atoms with Gasteiger partial charge >= 0.3 is 6.01 Å². The molecule has 1 atom stereocenters. The molecule has 1 unspecified atom stereocenters. The van der Waals surface area contributed by atoms with Crippen LogP contribution in [0.1, 0.15) is 27.2 Å². The van der Waals surface area contributed by atoms with Gasteiger partial charge in [0, 0.05) is 31.0 Å². The van der Waals surface area contributed by atoms with Gasteiger partial charge in [-0.2, -0.15) is 0 Å². The van der Waals surface area contributed by atoms with Gasteiger partial charge < -0.3 is 19.4 Å². The Bertz CT molecular complexity index is 1320. The number of nitrogens with one attached hydrogen (secondary N) is 1. The predicted octanol–water partition coefficient (Wildman–Crippen LogP) is 4.38. The molecule has 0 fully saturated rings. The molecule has 170 valence electrons. The van der Waals surface area contributed by atoms with E-state index in [0.29, 0.717) is 24.4 Å². The lowest BCUT2D eigenvalue weighted by molar-refractivity contribution is -0.121. The van der Waals surface area contributed by atoms with Gasteiger partial charge in [0.2, 0.25) is 5.91 Å². The summed E-state index contributed by atoms with van der Waals surface area (Å²) >= 11 is 0. The molecular weight excluding hydrogens is 432 g/mol. The largest absolute Gasteiger partial charge is 0.459 e. The molecule has 8 heteroatoms. The van der Waals surface area contributed by atoms with E-state index in [2.05, 4.69) is 15.3 Å². The Hall–Kier alpha value is -4.46. The van der Waals surface area contributed by atoms with Gasteiger partial charge in [-0.15, -0.1) is 0 Å². The van der Waals surface area contributed by atoms with E-state index in [4.69, 9.17) is 9.15 Å². The molecule has 2 amide bonds. The molecule has 1 aliphatic heterocycles. The van der Waals surface area contributed by atoms with Gasteiger partial charge in [0.1, 0.15) is 11.8 Å². The molecule has 0 radical (unpaired) electrons. The molecule has 0 bridgehead atoms. The highest BCUT2D eigenvalue weighted by Crippen LogP contribution is 2.28. The molecular formula is C26H22N4O4. The Morgan fingerprint density at radius 2 is 1.82 bits per heavy atom. The topological polar surface area (TPSA) is 97.6 Å². The van der Waals surface area contributed by atoms with E-state index >= 15 is 0 Å². The maximum absolute atomic E-state index is 13.4. The second kappa shape index (κ2) is 9.19. The second-order valence-corrected chi connectivity index (χ2v) is 8.00.